The van der Waals surface area contributed by atoms with Crippen molar-refractivity contribution < 1.29 is 4.39 Å². The number of aryl methyl sites for hydroxylation is 2. The Morgan fingerprint density at radius 3 is 2.52 bits per heavy atom. The van der Waals surface area contributed by atoms with E-state index < -0.39 is 0 Å². The molecule has 1 N–H and O–H groups in total. The van der Waals surface area contributed by atoms with Crippen LogP contribution in [0.4, 0.5) is 15.2 Å². The van der Waals surface area contributed by atoms with Gasteiger partial charge >= 0.3 is 0 Å². The number of nitrogens with one attached hydrogen (secondary N) is 1. The normalized spacial score (nSPS) is 10.6. The molecule has 3 aromatic rings. The first kappa shape index (κ1) is 13.8. The molecule has 4 heteroatoms. The molecule has 0 saturated carbocycles. The molecule has 0 radical (unpaired) electrons. The van der Waals surface area contributed by atoms with Gasteiger partial charge in [0.2, 0.25) is 0 Å². The summed E-state index contributed by atoms with van der Waals surface area (Å²) < 4.78 is 13.3. The summed E-state index contributed by atoms with van der Waals surface area (Å²) in [6.07, 6.45) is 0. The lowest BCUT2D eigenvalue weighted by molar-refractivity contribution is 0.619. The Bertz CT molecular complexity index is 763. The highest BCUT2D eigenvalue weighted by Gasteiger charge is 2.07. The van der Waals surface area contributed by atoms with E-state index in [-0.39, 0.29) is 5.82 Å². The SMILES string of the molecule is Cc1ccc(Nc2nc(-c3ccc(F)c(C)c3)cs2)cc1. The fourth-order valence-electron chi connectivity index (χ4n) is 2.03. The van der Waals surface area contributed by atoms with Crippen molar-refractivity contribution in [1.82, 2.24) is 4.98 Å². The van der Waals surface area contributed by atoms with Crippen LogP contribution >= 0.6 is 11.3 Å². The van der Waals surface area contributed by atoms with Gasteiger partial charge in [-0.05, 0) is 49.7 Å². The summed E-state index contributed by atoms with van der Waals surface area (Å²) in [5.74, 6) is -0.188. The first-order valence-corrected chi connectivity index (χ1v) is 7.55. The van der Waals surface area contributed by atoms with Crippen molar-refractivity contribution >= 4 is 22.2 Å². The van der Waals surface area contributed by atoms with E-state index in [4.69, 9.17) is 0 Å². The Morgan fingerprint density at radius 1 is 1.05 bits per heavy atom. The molecular formula is C17H15FN2S. The van der Waals surface area contributed by atoms with E-state index in [1.807, 2.05) is 23.6 Å². The predicted molar refractivity (Wildman–Crippen MR) is 86.7 cm³/mol. The highest BCUT2D eigenvalue weighted by Crippen LogP contribution is 2.28. The van der Waals surface area contributed by atoms with Gasteiger partial charge in [0.05, 0.1) is 5.69 Å². The largest absolute Gasteiger partial charge is 0.332 e. The fraction of sp³-hybridized carbons (Fsp3) is 0.118. The molecule has 2 aromatic carbocycles. The molecule has 0 aliphatic carbocycles. The zero-order chi connectivity index (χ0) is 14.8. The predicted octanol–water partition coefficient (Wildman–Crippen LogP) is 5.31. The third-order valence-corrected chi connectivity index (χ3v) is 4.02. The molecule has 0 aliphatic heterocycles. The van der Waals surface area contributed by atoms with Crippen LogP contribution in [0, 0.1) is 19.7 Å². The number of nitrogens with zero attached hydrogens (tertiary/aromatic N) is 1. The topological polar surface area (TPSA) is 24.9 Å². The number of aromatic nitrogens is 1. The van der Waals surface area contributed by atoms with E-state index >= 15 is 0 Å². The number of halogens is 1. The molecule has 2 nitrogen and oxygen atoms in total. The lowest BCUT2D eigenvalue weighted by Crippen LogP contribution is -1.90. The first-order valence-electron chi connectivity index (χ1n) is 6.67. The van der Waals surface area contributed by atoms with E-state index in [1.54, 1.807) is 13.0 Å². The molecule has 0 bridgehead atoms. The molecule has 0 spiro atoms. The zero-order valence-electron chi connectivity index (χ0n) is 11.9. The second kappa shape index (κ2) is 5.66. The average molecular weight is 298 g/mol. The maximum Gasteiger partial charge on any atom is 0.187 e. The van der Waals surface area contributed by atoms with E-state index in [2.05, 4.69) is 29.4 Å². The summed E-state index contributed by atoms with van der Waals surface area (Å²) in [7, 11) is 0. The lowest BCUT2D eigenvalue weighted by Gasteiger charge is -2.03. The van der Waals surface area contributed by atoms with Gasteiger partial charge in [-0.2, -0.15) is 0 Å². The van der Waals surface area contributed by atoms with Gasteiger partial charge in [0.1, 0.15) is 5.82 Å². The molecule has 1 aromatic heterocycles. The molecule has 0 amide bonds. The number of anilines is 2. The standard InChI is InChI=1S/C17H15FN2S/c1-11-3-6-14(7-4-11)19-17-20-16(10-21-17)13-5-8-15(18)12(2)9-13/h3-10H,1-2H3,(H,19,20). The van der Waals surface area contributed by atoms with Crippen molar-refractivity contribution in [3.63, 3.8) is 0 Å². The van der Waals surface area contributed by atoms with Crippen molar-refractivity contribution in [1.29, 1.82) is 0 Å². The van der Waals surface area contributed by atoms with Crippen molar-refractivity contribution in [3.05, 3.63) is 64.8 Å². The van der Waals surface area contributed by atoms with Gasteiger partial charge < -0.3 is 5.32 Å². The maximum absolute atomic E-state index is 13.3. The highest BCUT2D eigenvalue weighted by atomic mass is 32.1. The van der Waals surface area contributed by atoms with Crippen LogP contribution in [0.2, 0.25) is 0 Å². The van der Waals surface area contributed by atoms with Crippen LogP contribution in [0.3, 0.4) is 0 Å². The van der Waals surface area contributed by atoms with E-state index in [1.165, 1.54) is 23.0 Å². The lowest BCUT2D eigenvalue weighted by atomic mass is 10.1. The Kier molecular flexibility index (Phi) is 3.71. The Hall–Kier alpha value is -2.20. The maximum atomic E-state index is 13.3. The fourth-order valence-corrected chi connectivity index (χ4v) is 2.77. The van der Waals surface area contributed by atoms with Gasteiger partial charge in [0.15, 0.2) is 5.13 Å². The Morgan fingerprint density at radius 2 is 1.81 bits per heavy atom. The minimum absolute atomic E-state index is 0.188. The summed E-state index contributed by atoms with van der Waals surface area (Å²) >= 11 is 1.54. The molecule has 3 rings (SSSR count). The molecule has 0 atom stereocenters. The van der Waals surface area contributed by atoms with Crippen molar-refractivity contribution in [2.75, 3.05) is 5.32 Å². The van der Waals surface area contributed by atoms with Gasteiger partial charge in [0, 0.05) is 16.6 Å². The van der Waals surface area contributed by atoms with Crippen LogP contribution in [0.15, 0.2) is 47.8 Å². The van der Waals surface area contributed by atoms with Gasteiger partial charge in [-0.25, -0.2) is 9.37 Å². The molecule has 0 unspecified atom stereocenters. The van der Waals surface area contributed by atoms with Gasteiger partial charge in [-0.3, -0.25) is 0 Å². The smallest absolute Gasteiger partial charge is 0.187 e. The second-order valence-electron chi connectivity index (χ2n) is 4.99. The minimum Gasteiger partial charge on any atom is -0.332 e. The number of thiazole rings is 1. The third-order valence-electron chi connectivity index (χ3n) is 3.26. The number of rotatable bonds is 3. The monoisotopic (exact) mass is 298 g/mol. The number of hydrogen-bond donors (Lipinski definition) is 1. The minimum atomic E-state index is -0.188. The summed E-state index contributed by atoms with van der Waals surface area (Å²) in [5, 5.41) is 6.09. The Balaban J connectivity index is 1.82. The zero-order valence-corrected chi connectivity index (χ0v) is 12.7. The van der Waals surface area contributed by atoms with E-state index in [0.29, 0.717) is 5.56 Å². The van der Waals surface area contributed by atoms with Crippen LogP contribution in [0.5, 0.6) is 0 Å². The third kappa shape index (κ3) is 3.11. The molecule has 106 valence electrons. The van der Waals surface area contributed by atoms with Crippen LogP contribution in [0.25, 0.3) is 11.3 Å². The molecule has 0 aliphatic rings. The summed E-state index contributed by atoms with van der Waals surface area (Å²) in [5.41, 5.74) is 4.66. The van der Waals surface area contributed by atoms with Gasteiger partial charge in [-0.15, -0.1) is 11.3 Å². The van der Waals surface area contributed by atoms with Crippen LogP contribution in [0.1, 0.15) is 11.1 Å². The van der Waals surface area contributed by atoms with Gasteiger partial charge in [0.25, 0.3) is 0 Å². The van der Waals surface area contributed by atoms with Crippen molar-refractivity contribution in [2.24, 2.45) is 0 Å². The second-order valence-corrected chi connectivity index (χ2v) is 5.85. The molecular weight excluding hydrogens is 283 g/mol. The van der Waals surface area contributed by atoms with Crippen LogP contribution < -0.4 is 5.32 Å². The Labute approximate surface area is 127 Å². The molecule has 21 heavy (non-hydrogen) atoms. The molecule has 0 saturated heterocycles. The first-order chi connectivity index (χ1) is 10.1. The van der Waals surface area contributed by atoms with E-state index in [0.717, 1.165) is 22.1 Å². The summed E-state index contributed by atoms with van der Waals surface area (Å²) in [4.78, 5) is 4.55. The number of hydrogen-bond acceptors (Lipinski definition) is 3. The van der Waals surface area contributed by atoms with Gasteiger partial charge in [-0.1, -0.05) is 17.7 Å². The average Bonchev–Trinajstić information content (AvgIpc) is 2.93. The van der Waals surface area contributed by atoms with E-state index in [9.17, 15) is 4.39 Å². The number of benzene rings is 2. The molecule has 1 heterocycles. The summed E-state index contributed by atoms with van der Waals surface area (Å²) in [6, 6.07) is 13.2. The molecule has 0 fully saturated rings. The van der Waals surface area contributed by atoms with Crippen LogP contribution in [-0.2, 0) is 0 Å². The quantitative estimate of drug-likeness (QED) is 0.709. The van der Waals surface area contributed by atoms with Crippen molar-refractivity contribution in [2.45, 2.75) is 13.8 Å². The van der Waals surface area contributed by atoms with Crippen molar-refractivity contribution in [3.8, 4) is 11.3 Å². The summed E-state index contributed by atoms with van der Waals surface area (Å²) in [6.45, 7) is 3.82. The highest BCUT2D eigenvalue weighted by molar-refractivity contribution is 7.14. The van der Waals surface area contributed by atoms with Crippen LogP contribution in [-0.4, -0.2) is 4.98 Å².